The van der Waals surface area contributed by atoms with E-state index >= 15 is 0 Å². The number of hydrogen-bond donors (Lipinski definition) is 0. The first-order valence-corrected chi connectivity index (χ1v) is 10.4. The van der Waals surface area contributed by atoms with Crippen LogP contribution in [-0.2, 0) is 5.75 Å². The number of likely N-dealkylation sites (tertiary alicyclic amines) is 1. The van der Waals surface area contributed by atoms with Gasteiger partial charge in [-0.15, -0.1) is 11.8 Å². The van der Waals surface area contributed by atoms with Crippen molar-refractivity contribution >= 4 is 29.3 Å². The number of carbonyl (C=O) groups is 1. The molecule has 2 aromatic carbocycles. The topological polar surface area (TPSA) is 23.6 Å². The van der Waals surface area contributed by atoms with Gasteiger partial charge in [0, 0.05) is 41.4 Å². The van der Waals surface area contributed by atoms with Crippen LogP contribution < -0.4 is 0 Å². The van der Waals surface area contributed by atoms with E-state index in [9.17, 15) is 4.79 Å². The Morgan fingerprint density at radius 1 is 1.08 bits per heavy atom. The lowest BCUT2D eigenvalue weighted by atomic mass is 10.1. The average molecular weight is 389 g/mol. The van der Waals surface area contributed by atoms with Crippen LogP contribution in [0.4, 0.5) is 0 Å². The fraction of sp³-hybridized carbons (Fsp3) is 0.381. The molecular weight excluding hydrogens is 364 g/mol. The normalized spacial score (nSPS) is 14.5. The van der Waals surface area contributed by atoms with Crippen molar-refractivity contribution in [1.29, 1.82) is 0 Å². The summed E-state index contributed by atoms with van der Waals surface area (Å²) >= 11 is 7.68. The van der Waals surface area contributed by atoms with E-state index in [1.54, 1.807) is 11.8 Å². The van der Waals surface area contributed by atoms with E-state index in [1.165, 1.54) is 36.4 Å². The minimum Gasteiger partial charge on any atom is -0.340 e. The summed E-state index contributed by atoms with van der Waals surface area (Å²) in [5.74, 6) is 0.974. The highest BCUT2D eigenvalue weighted by Crippen LogP contribution is 2.24. The minimum absolute atomic E-state index is 0.0982. The zero-order valence-corrected chi connectivity index (χ0v) is 16.7. The molecule has 138 valence electrons. The highest BCUT2D eigenvalue weighted by atomic mass is 35.5. The zero-order valence-electron chi connectivity index (χ0n) is 15.2. The van der Waals surface area contributed by atoms with Gasteiger partial charge in [-0.05, 0) is 67.9 Å². The zero-order chi connectivity index (χ0) is 18.4. The molecule has 0 aromatic heterocycles. The van der Waals surface area contributed by atoms with Crippen molar-refractivity contribution in [3.05, 3.63) is 64.7 Å². The second kappa shape index (κ2) is 9.45. The van der Waals surface area contributed by atoms with Crippen molar-refractivity contribution in [1.82, 2.24) is 9.80 Å². The highest BCUT2D eigenvalue weighted by Gasteiger charge is 2.15. The quantitative estimate of drug-likeness (QED) is 0.636. The fourth-order valence-electron chi connectivity index (χ4n) is 3.06. The maximum Gasteiger partial charge on any atom is 0.253 e. The molecule has 3 nitrogen and oxygen atoms in total. The molecule has 0 aliphatic carbocycles. The van der Waals surface area contributed by atoms with Crippen molar-refractivity contribution in [2.75, 3.05) is 33.2 Å². The summed E-state index contributed by atoms with van der Waals surface area (Å²) < 4.78 is 0. The van der Waals surface area contributed by atoms with E-state index in [0.717, 1.165) is 29.4 Å². The summed E-state index contributed by atoms with van der Waals surface area (Å²) in [5, 5.41) is 0.756. The van der Waals surface area contributed by atoms with Crippen LogP contribution in [0.3, 0.4) is 0 Å². The number of thioether (sulfide) groups is 1. The summed E-state index contributed by atoms with van der Waals surface area (Å²) in [6, 6.07) is 15.8. The number of rotatable bonds is 7. The van der Waals surface area contributed by atoms with E-state index in [1.807, 2.05) is 60.5 Å². The summed E-state index contributed by atoms with van der Waals surface area (Å²) in [6.07, 6.45) is 2.57. The third-order valence-corrected chi connectivity index (χ3v) is 6.05. The standard InChI is InChI=1S/C21H25ClN2OS/c1-23(14-15-24-12-2-3-13-24)21(25)18-6-4-17(5-7-18)16-26-20-10-8-19(22)9-11-20/h4-11H,2-3,12-16H2,1H3. The lowest BCUT2D eigenvalue weighted by Crippen LogP contribution is -2.35. The van der Waals surface area contributed by atoms with Crippen molar-refractivity contribution in [3.8, 4) is 0 Å². The third-order valence-electron chi connectivity index (χ3n) is 4.72. The summed E-state index contributed by atoms with van der Waals surface area (Å²) in [4.78, 5) is 18.0. The Kier molecular flexibility index (Phi) is 7.00. The van der Waals surface area contributed by atoms with E-state index in [2.05, 4.69) is 4.90 Å². The van der Waals surface area contributed by atoms with Gasteiger partial charge >= 0.3 is 0 Å². The maximum absolute atomic E-state index is 12.6. The predicted octanol–water partition coefficient (Wildman–Crippen LogP) is 4.80. The molecule has 0 unspecified atom stereocenters. The van der Waals surface area contributed by atoms with Gasteiger partial charge in [-0.1, -0.05) is 23.7 Å². The Hall–Kier alpha value is -1.49. The molecular formula is C21H25ClN2OS. The molecule has 0 bridgehead atoms. The van der Waals surface area contributed by atoms with Crippen LogP contribution in [-0.4, -0.2) is 48.9 Å². The maximum atomic E-state index is 12.6. The fourth-order valence-corrected chi connectivity index (χ4v) is 4.04. The molecule has 1 aliphatic heterocycles. The molecule has 0 spiro atoms. The number of likely N-dealkylation sites (N-methyl/N-ethyl adjacent to an activating group) is 1. The first kappa shape index (κ1) is 19.3. The molecule has 0 N–H and O–H groups in total. The average Bonchev–Trinajstić information content (AvgIpc) is 3.19. The van der Waals surface area contributed by atoms with Crippen LogP contribution in [0.1, 0.15) is 28.8 Å². The molecule has 1 aliphatic rings. The Morgan fingerprint density at radius 3 is 2.38 bits per heavy atom. The molecule has 0 atom stereocenters. The lowest BCUT2D eigenvalue weighted by Gasteiger charge is -2.21. The monoisotopic (exact) mass is 388 g/mol. The Morgan fingerprint density at radius 2 is 1.73 bits per heavy atom. The lowest BCUT2D eigenvalue weighted by molar-refractivity contribution is 0.0782. The first-order chi connectivity index (χ1) is 12.6. The summed E-state index contributed by atoms with van der Waals surface area (Å²) in [6.45, 7) is 4.09. The number of carbonyl (C=O) groups excluding carboxylic acids is 1. The Balaban J connectivity index is 1.49. The van der Waals surface area contributed by atoms with Crippen LogP contribution in [0.2, 0.25) is 5.02 Å². The van der Waals surface area contributed by atoms with Gasteiger partial charge < -0.3 is 9.80 Å². The van der Waals surface area contributed by atoms with E-state index in [4.69, 9.17) is 11.6 Å². The molecule has 1 heterocycles. The number of nitrogens with zero attached hydrogens (tertiary/aromatic N) is 2. The number of halogens is 1. The number of hydrogen-bond acceptors (Lipinski definition) is 3. The third kappa shape index (κ3) is 5.50. The molecule has 0 saturated carbocycles. The van der Waals surface area contributed by atoms with Crippen LogP contribution in [0, 0.1) is 0 Å². The molecule has 2 aromatic rings. The molecule has 5 heteroatoms. The van der Waals surface area contributed by atoms with Gasteiger partial charge in [0.15, 0.2) is 0 Å². The van der Waals surface area contributed by atoms with Gasteiger partial charge in [-0.2, -0.15) is 0 Å². The van der Waals surface area contributed by atoms with Gasteiger partial charge in [-0.3, -0.25) is 4.79 Å². The van der Waals surface area contributed by atoms with Crippen molar-refractivity contribution in [3.63, 3.8) is 0 Å². The second-order valence-corrected chi connectivity index (χ2v) is 8.20. The van der Waals surface area contributed by atoms with Gasteiger partial charge in [0.05, 0.1) is 0 Å². The van der Waals surface area contributed by atoms with E-state index in [-0.39, 0.29) is 5.91 Å². The summed E-state index contributed by atoms with van der Waals surface area (Å²) in [5.41, 5.74) is 1.97. The van der Waals surface area contributed by atoms with Gasteiger partial charge in [0.25, 0.3) is 5.91 Å². The molecule has 26 heavy (non-hydrogen) atoms. The van der Waals surface area contributed by atoms with Gasteiger partial charge in [0.1, 0.15) is 0 Å². The highest BCUT2D eigenvalue weighted by molar-refractivity contribution is 7.98. The summed E-state index contributed by atoms with van der Waals surface area (Å²) in [7, 11) is 1.89. The molecule has 1 amide bonds. The largest absolute Gasteiger partial charge is 0.340 e. The van der Waals surface area contributed by atoms with E-state index < -0.39 is 0 Å². The molecule has 1 fully saturated rings. The van der Waals surface area contributed by atoms with Crippen molar-refractivity contribution in [2.45, 2.75) is 23.5 Å². The van der Waals surface area contributed by atoms with E-state index in [0.29, 0.717) is 0 Å². The first-order valence-electron chi connectivity index (χ1n) is 9.07. The minimum atomic E-state index is 0.0982. The van der Waals surface area contributed by atoms with Crippen LogP contribution in [0.5, 0.6) is 0 Å². The Bertz CT molecular complexity index is 712. The molecule has 0 radical (unpaired) electrons. The van der Waals surface area contributed by atoms with Gasteiger partial charge in [0.2, 0.25) is 0 Å². The molecule has 3 rings (SSSR count). The van der Waals surface area contributed by atoms with Crippen LogP contribution in [0.25, 0.3) is 0 Å². The van der Waals surface area contributed by atoms with Crippen molar-refractivity contribution < 1.29 is 4.79 Å². The van der Waals surface area contributed by atoms with Crippen LogP contribution in [0.15, 0.2) is 53.4 Å². The SMILES string of the molecule is CN(CCN1CCCC1)C(=O)c1ccc(CSc2ccc(Cl)cc2)cc1. The van der Waals surface area contributed by atoms with Crippen molar-refractivity contribution in [2.24, 2.45) is 0 Å². The smallest absolute Gasteiger partial charge is 0.253 e. The number of benzene rings is 2. The second-order valence-electron chi connectivity index (χ2n) is 6.71. The molecule has 1 saturated heterocycles. The van der Waals surface area contributed by atoms with Gasteiger partial charge in [-0.25, -0.2) is 0 Å². The van der Waals surface area contributed by atoms with Crippen LogP contribution >= 0.6 is 23.4 Å². The predicted molar refractivity (Wildman–Crippen MR) is 110 cm³/mol. The number of amides is 1. The Labute approximate surface area is 165 Å².